The van der Waals surface area contributed by atoms with E-state index in [1.807, 2.05) is 0 Å². The number of alkyl halides is 3. The Morgan fingerprint density at radius 1 is 1.19 bits per heavy atom. The van der Waals surface area contributed by atoms with E-state index >= 15 is 0 Å². The number of hydrogen-bond donors (Lipinski definition) is 0. The number of sulfonamides is 1. The van der Waals surface area contributed by atoms with Crippen LogP contribution in [0.2, 0.25) is 0 Å². The highest BCUT2D eigenvalue weighted by atomic mass is 32.2. The largest absolute Gasteiger partial charge is 0.433 e. The van der Waals surface area contributed by atoms with E-state index < -0.39 is 21.9 Å². The molecule has 27 heavy (non-hydrogen) atoms. The summed E-state index contributed by atoms with van der Waals surface area (Å²) in [4.78, 5) is 7.71. The van der Waals surface area contributed by atoms with Crippen LogP contribution in [-0.2, 0) is 22.6 Å². The molecule has 0 saturated carbocycles. The standard InChI is InChI=1S/C16H14F3N5O2S/c1-9-7-12-11(8-21-9)4-6-23(12)27(25,26)14-10(2)22-24-13(16(17,18)19)3-5-20-15(14)24/h3,5,7-8H,4,6H2,1-2H3. The average Bonchev–Trinajstić information content (AvgIpc) is 3.13. The zero-order chi connectivity index (χ0) is 19.6. The lowest BCUT2D eigenvalue weighted by Gasteiger charge is -2.19. The van der Waals surface area contributed by atoms with Crippen molar-refractivity contribution in [2.45, 2.75) is 31.3 Å². The van der Waals surface area contributed by atoms with Gasteiger partial charge in [0.2, 0.25) is 0 Å². The van der Waals surface area contributed by atoms with Crippen LogP contribution in [0.15, 0.2) is 29.4 Å². The van der Waals surface area contributed by atoms with E-state index in [4.69, 9.17) is 0 Å². The Morgan fingerprint density at radius 3 is 2.63 bits per heavy atom. The lowest BCUT2D eigenvalue weighted by molar-refractivity contribution is -0.142. The highest BCUT2D eigenvalue weighted by Crippen LogP contribution is 2.36. The number of hydrogen-bond acceptors (Lipinski definition) is 5. The van der Waals surface area contributed by atoms with E-state index in [-0.39, 0.29) is 22.8 Å². The van der Waals surface area contributed by atoms with Gasteiger partial charge in [-0.2, -0.15) is 18.3 Å². The number of aromatic nitrogens is 4. The van der Waals surface area contributed by atoms with E-state index in [9.17, 15) is 21.6 Å². The molecule has 0 amide bonds. The summed E-state index contributed by atoms with van der Waals surface area (Å²) in [7, 11) is -4.15. The van der Waals surface area contributed by atoms with Crippen molar-refractivity contribution in [1.29, 1.82) is 0 Å². The number of anilines is 1. The van der Waals surface area contributed by atoms with Crippen LogP contribution in [0.5, 0.6) is 0 Å². The summed E-state index contributed by atoms with van der Waals surface area (Å²) < 4.78 is 68.0. The highest BCUT2D eigenvalue weighted by Gasteiger charge is 2.39. The summed E-state index contributed by atoms with van der Waals surface area (Å²) in [5.74, 6) is 0. The number of fused-ring (bicyclic) bond motifs is 2. The maximum Gasteiger partial charge on any atom is 0.433 e. The van der Waals surface area contributed by atoms with Crippen LogP contribution < -0.4 is 4.31 Å². The first-order valence-electron chi connectivity index (χ1n) is 8.00. The van der Waals surface area contributed by atoms with E-state index in [0.29, 0.717) is 22.3 Å². The lowest BCUT2D eigenvalue weighted by atomic mass is 10.2. The summed E-state index contributed by atoms with van der Waals surface area (Å²) in [5, 5.41) is 3.81. The fraction of sp³-hybridized carbons (Fsp3) is 0.312. The normalized spacial score (nSPS) is 14.8. The van der Waals surface area contributed by atoms with Gasteiger partial charge >= 0.3 is 6.18 Å². The second kappa shape index (κ2) is 5.65. The quantitative estimate of drug-likeness (QED) is 0.664. The molecule has 0 aromatic carbocycles. The van der Waals surface area contributed by atoms with Gasteiger partial charge in [0.25, 0.3) is 10.0 Å². The van der Waals surface area contributed by atoms with Gasteiger partial charge < -0.3 is 0 Å². The van der Waals surface area contributed by atoms with Crippen molar-refractivity contribution in [2.24, 2.45) is 0 Å². The fourth-order valence-corrected chi connectivity index (χ4v) is 5.01. The molecule has 0 spiro atoms. The molecule has 4 heterocycles. The molecular formula is C16H14F3N5O2S. The van der Waals surface area contributed by atoms with Crippen LogP contribution in [0.25, 0.3) is 5.65 Å². The molecule has 3 aromatic rings. The van der Waals surface area contributed by atoms with Crippen LogP contribution in [0.4, 0.5) is 18.9 Å². The molecule has 142 valence electrons. The molecule has 0 saturated heterocycles. The second-order valence-electron chi connectivity index (χ2n) is 6.26. The maximum atomic E-state index is 13.3. The summed E-state index contributed by atoms with van der Waals surface area (Å²) in [6, 6.07) is 2.41. The van der Waals surface area contributed by atoms with Gasteiger partial charge in [-0.25, -0.2) is 17.9 Å². The Bertz CT molecular complexity index is 1170. The van der Waals surface area contributed by atoms with E-state index in [1.54, 1.807) is 19.2 Å². The third-order valence-electron chi connectivity index (χ3n) is 4.43. The van der Waals surface area contributed by atoms with Crippen molar-refractivity contribution in [1.82, 2.24) is 19.6 Å². The summed E-state index contributed by atoms with van der Waals surface area (Å²) in [6.07, 6.45) is -1.67. The number of nitrogens with zero attached hydrogens (tertiary/aromatic N) is 5. The molecule has 0 atom stereocenters. The predicted octanol–water partition coefficient (Wildman–Crippen LogP) is 2.51. The van der Waals surface area contributed by atoms with Crippen molar-refractivity contribution >= 4 is 21.4 Å². The van der Waals surface area contributed by atoms with Crippen LogP contribution in [0.1, 0.15) is 22.6 Å². The number of rotatable bonds is 2. The third kappa shape index (κ3) is 2.64. The first kappa shape index (κ1) is 17.7. The zero-order valence-electron chi connectivity index (χ0n) is 14.3. The second-order valence-corrected chi connectivity index (χ2v) is 8.06. The third-order valence-corrected chi connectivity index (χ3v) is 6.38. The lowest BCUT2D eigenvalue weighted by Crippen LogP contribution is -2.29. The summed E-state index contributed by atoms with van der Waals surface area (Å²) >= 11 is 0. The minimum atomic E-state index is -4.69. The van der Waals surface area contributed by atoms with Gasteiger partial charge in [0.15, 0.2) is 10.5 Å². The summed E-state index contributed by atoms with van der Waals surface area (Å²) in [5.41, 5.74) is 0.416. The molecule has 7 nitrogen and oxygen atoms in total. The van der Waals surface area contributed by atoms with Gasteiger partial charge in [-0.15, -0.1) is 0 Å². The molecule has 0 N–H and O–H groups in total. The van der Waals surface area contributed by atoms with Gasteiger partial charge in [0, 0.05) is 24.6 Å². The Morgan fingerprint density at radius 2 is 1.93 bits per heavy atom. The smallest absolute Gasteiger partial charge is 0.265 e. The van der Waals surface area contributed by atoms with E-state index in [0.717, 1.165) is 17.8 Å². The average molecular weight is 397 g/mol. The van der Waals surface area contributed by atoms with E-state index in [2.05, 4.69) is 15.1 Å². The molecule has 0 unspecified atom stereocenters. The molecule has 1 aliphatic heterocycles. The SMILES string of the molecule is Cc1cc2c(cn1)CCN2S(=O)(=O)c1c(C)nn2c(C(F)(F)F)ccnc12. The Balaban J connectivity index is 1.94. The number of halogens is 3. The van der Waals surface area contributed by atoms with Crippen molar-refractivity contribution in [2.75, 3.05) is 10.8 Å². The molecule has 4 rings (SSSR count). The molecule has 0 fully saturated rings. The Kier molecular flexibility index (Phi) is 3.71. The van der Waals surface area contributed by atoms with Gasteiger partial charge in [-0.3, -0.25) is 9.29 Å². The first-order valence-corrected chi connectivity index (χ1v) is 9.44. The minimum absolute atomic E-state index is 0.0431. The van der Waals surface area contributed by atoms with Crippen LogP contribution >= 0.6 is 0 Å². The molecule has 0 aliphatic carbocycles. The molecule has 0 radical (unpaired) electrons. The monoisotopic (exact) mass is 397 g/mol. The molecular weight excluding hydrogens is 383 g/mol. The Labute approximate surface area is 152 Å². The summed E-state index contributed by atoms with van der Waals surface area (Å²) in [6.45, 7) is 3.27. The minimum Gasteiger partial charge on any atom is -0.265 e. The fourth-order valence-electron chi connectivity index (χ4n) is 3.25. The number of pyridine rings is 1. The first-order chi connectivity index (χ1) is 12.6. The van der Waals surface area contributed by atoms with E-state index in [1.165, 1.54) is 11.2 Å². The highest BCUT2D eigenvalue weighted by molar-refractivity contribution is 7.93. The maximum absolute atomic E-state index is 13.3. The molecule has 3 aromatic heterocycles. The van der Waals surface area contributed by atoms with Crippen molar-refractivity contribution < 1.29 is 21.6 Å². The van der Waals surface area contributed by atoms with Crippen molar-refractivity contribution in [3.63, 3.8) is 0 Å². The Hall–Kier alpha value is -2.69. The van der Waals surface area contributed by atoms with Crippen molar-refractivity contribution in [3.8, 4) is 0 Å². The van der Waals surface area contributed by atoms with Gasteiger partial charge in [0.1, 0.15) is 5.69 Å². The zero-order valence-corrected chi connectivity index (χ0v) is 15.1. The van der Waals surface area contributed by atoms with Crippen LogP contribution in [0.3, 0.4) is 0 Å². The van der Waals surface area contributed by atoms with Gasteiger partial charge in [0.05, 0.1) is 11.4 Å². The van der Waals surface area contributed by atoms with Crippen LogP contribution in [0, 0.1) is 13.8 Å². The van der Waals surface area contributed by atoms with Gasteiger partial charge in [-0.1, -0.05) is 0 Å². The van der Waals surface area contributed by atoms with Gasteiger partial charge in [-0.05, 0) is 38.0 Å². The number of aryl methyl sites for hydroxylation is 2. The molecule has 1 aliphatic rings. The topological polar surface area (TPSA) is 80.5 Å². The van der Waals surface area contributed by atoms with Crippen molar-refractivity contribution in [3.05, 3.63) is 47.2 Å². The molecule has 0 bridgehead atoms. The van der Waals surface area contributed by atoms with Crippen LogP contribution in [-0.4, -0.2) is 34.5 Å². The molecule has 11 heteroatoms. The predicted molar refractivity (Wildman–Crippen MR) is 89.9 cm³/mol.